The van der Waals surface area contributed by atoms with Gasteiger partial charge in [-0.3, -0.25) is 4.79 Å². The van der Waals surface area contributed by atoms with E-state index in [1.54, 1.807) is 12.5 Å². The maximum atomic E-state index is 12.3. The number of imidazole rings is 1. The quantitative estimate of drug-likeness (QED) is 0.657. The molecule has 3 rings (SSSR count). The fourth-order valence-electron chi connectivity index (χ4n) is 3.25. The molecular weight excluding hydrogens is 350 g/mol. The third-order valence-electron chi connectivity index (χ3n) is 4.81. The van der Waals surface area contributed by atoms with Gasteiger partial charge in [0.1, 0.15) is 5.75 Å². The molecule has 146 valence electrons. The molecule has 1 atom stereocenters. The molecule has 0 spiro atoms. The van der Waals surface area contributed by atoms with Crippen LogP contribution in [0.15, 0.2) is 61.2 Å². The molecule has 1 unspecified atom stereocenters. The summed E-state index contributed by atoms with van der Waals surface area (Å²) in [5.74, 6) is 1.05. The summed E-state index contributed by atoms with van der Waals surface area (Å²) in [6, 6.07) is 13.9. The summed E-state index contributed by atoms with van der Waals surface area (Å²) in [5.41, 5.74) is 4.54. The molecule has 1 aromatic heterocycles. The lowest BCUT2D eigenvalue weighted by Gasteiger charge is -2.16. The summed E-state index contributed by atoms with van der Waals surface area (Å²) >= 11 is 0. The van der Waals surface area contributed by atoms with Crippen LogP contribution in [0.1, 0.15) is 49.4 Å². The monoisotopic (exact) mass is 377 g/mol. The Morgan fingerprint density at radius 1 is 1.14 bits per heavy atom. The van der Waals surface area contributed by atoms with Crippen molar-refractivity contribution in [3.8, 4) is 11.4 Å². The first-order chi connectivity index (χ1) is 13.4. The molecule has 0 radical (unpaired) electrons. The summed E-state index contributed by atoms with van der Waals surface area (Å²) in [4.78, 5) is 16.3. The Morgan fingerprint density at radius 3 is 2.50 bits per heavy atom. The van der Waals surface area contributed by atoms with Crippen LogP contribution in [0.25, 0.3) is 5.69 Å². The molecule has 0 aliphatic rings. The molecule has 1 heterocycles. The molecule has 0 saturated heterocycles. The minimum Gasteiger partial charge on any atom is -0.484 e. The molecule has 0 aliphatic heterocycles. The van der Waals surface area contributed by atoms with Crippen LogP contribution in [0.4, 0.5) is 0 Å². The van der Waals surface area contributed by atoms with Gasteiger partial charge in [0.05, 0.1) is 12.4 Å². The zero-order valence-electron chi connectivity index (χ0n) is 16.8. The molecular formula is C23H27N3O2. The smallest absolute Gasteiger partial charge is 0.258 e. The van der Waals surface area contributed by atoms with Crippen LogP contribution in [-0.2, 0) is 4.79 Å². The highest BCUT2D eigenvalue weighted by atomic mass is 16.5. The number of aryl methyl sites for hydroxylation is 1. The van der Waals surface area contributed by atoms with Crippen LogP contribution in [-0.4, -0.2) is 22.1 Å². The maximum absolute atomic E-state index is 12.3. The van der Waals surface area contributed by atoms with Crippen molar-refractivity contribution in [2.24, 2.45) is 0 Å². The van der Waals surface area contributed by atoms with Crippen LogP contribution in [0, 0.1) is 6.92 Å². The van der Waals surface area contributed by atoms with Gasteiger partial charge in [0.25, 0.3) is 5.91 Å². The van der Waals surface area contributed by atoms with E-state index in [0.717, 1.165) is 17.0 Å². The van der Waals surface area contributed by atoms with Crippen LogP contribution < -0.4 is 10.1 Å². The molecule has 5 heteroatoms. The highest BCUT2D eigenvalue weighted by Gasteiger charge is 2.11. The molecule has 0 saturated carbocycles. The predicted octanol–water partition coefficient (Wildman–Crippen LogP) is 4.56. The van der Waals surface area contributed by atoms with E-state index in [9.17, 15) is 4.79 Å². The fraction of sp³-hybridized carbons (Fsp3) is 0.304. The van der Waals surface area contributed by atoms with E-state index >= 15 is 0 Å². The van der Waals surface area contributed by atoms with Crippen molar-refractivity contribution in [2.75, 3.05) is 6.61 Å². The number of benzene rings is 2. The first kappa shape index (κ1) is 19.7. The number of hydrogen-bond acceptors (Lipinski definition) is 3. The molecule has 3 aromatic rings. The van der Waals surface area contributed by atoms with Gasteiger partial charge in [-0.1, -0.05) is 32.0 Å². The van der Waals surface area contributed by atoms with Crippen LogP contribution in [0.2, 0.25) is 0 Å². The third-order valence-corrected chi connectivity index (χ3v) is 4.81. The summed E-state index contributed by atoms with van der Waals surface area (Å²) in [7, 11) is 0. The van der Waals surface area contributed by atoms with Crippen LogP contribution in [0.5, 0.6) is 5.75 Å². The third kappa shape index (κ3) is 4.80. The van der Waals surface area contributed by atoms with Crippen molar-refractivity contribution in [1.82, 2.24) is 14.9 Å². The lowest BCUT2D eigenvalue weighted by atomic mass is 9.98. The molecule has 5 nitrogen and oxygen atoms in total. The van der Waals surface area contributed by atoms with Gasteiger partial charge < -0.3 is 14.6 Å². The van der Waals surface area contributed by atoms with E-state index < -0.39 is 0 Å². The van der Waals surface area contributed by atoms with Gasteiger partial charge in [-0.2, -0.15) is 0 Å². The van der Waals surface area contributed by atoms with Crippen molar-refractivity contribution in [3.63, 3.8) is 0 Å². The van der Waals surface area contributed by atoms with Crippen molar-refractivity contribution >= 4 is 5.91 Å². The van der Waals surface area contributed by atoms with E-state index in [2.05, 4.69) is 37.1 Å². The van der Waals surface area contributed by atoms with Gasteiger partial charge in [0, 0.05) is 18.1 Å². The molecule has 0 bridgehead atoms. The number of nitrogens with one attached hydrogen (secondary N) is 1. The normalized spacial score (nSPS) is 12.0. The second-order valence-corrected chi connectivity index (χ2v) is 7.31. The van der Waals surface area contributed by atoms with Crippen molar-refractivity contribution in [3.05, 3.63) is 77.9 Å². The van der Waals surface area contributed by atoms with Crippen LogP contribution in [0.3, 0.4) is 0 Å². The molecule has 0 fully saturated rings. The number of ether oxygens (including phenoxy) is 1. The Morgan fingerprint density at radius 2 is 1.89 bits per heavy atom. The van der Waals surface area contributed by atoms with Gasteiger partial charge in [0.2, 0.25) is 0 Å². The minimum absolute atomic E-state index is 0.00206. The van der Waals surface area contributed by atoms with E-state index in [-0.39, 0.29) is 18.6 Å². The minimum atomic E-state index is -0.142. The summed E-state index contributed by atoms with van der Waals surface area (Å²) in [6.07, 6.45) is 5.40. The number of nitrogens with zero attached hydrogens (tertiary/aromatic N) is 2. The van der Waals surface area contributed by atoms with Gasteiger partial charge in [-0.15, -0.1) is 0 Å². The second kappa shape index (κ2) is 8.74. The Labute approximate surface area is 166 Å². The molecule has 1 N–H and O–H groups in total. The van der Waals surface area contributed by atoms with Crippen molar-refractivity contribution in [2.45, 2.75) is 39.7 Å². The van der Waals surface area contributed by atoms with Gasteiger partial charge >= 0.3 is 0 Å². The Balaban J connectivity index is 1.53. The van der Waals surface area contributed by atoms with E-state index in [0.29, 0.717) is 5.92 Å². The summed E-state index contributed by atoms with van der Waals surface area (Å²) < 4.78 is 7.60. The number of amides is 1. The number of aromatic nitrogens is 2. The highest BCUT2D eigenvalue weighted by Crippen LogP contribution is 2.23. The van der Waals surface area contributed by atoms with Gasteiger partial charge in [-0.25, -0.2) is 4.98 Å². The second-order valence-electron chi connectivity index (χ2n) is 7.31. The number of rotatable bonds is 7. The average molecular weight is 377 g/mol. The van der Waals surface area contributed by atoms with Crippen molar-refractivity contribution in [1.29, 1.82) is 0 Å². The van der Waals surface area contributed by atoms with E-state index in [1.807, 2.05) is 54.1 Å². The van der Waals surface area contributed by atoms with Gasteiger partial charge in [0.15, 0.2) is 6.61 Å². The largest absolute Gasteiger partial charge is 0.484 e. The van der Waals surface area contributed by atoms with Crippen molar-refractivity contribution < 1.29 is 9.53 Å². The average Bonchev–Trinajstić information content (AvgIpc) is 3.21. The zero-order chi connectivity index (χ0) is 20.1. The molecule has 0 aliphatic carbocycles. The molecule has 2 aromatic carbocycles. The topological polar surface area (TPSA) is 56.1 Å². The number of hydrogen-bond donors (Lipinski definition) is 1. The molecule has 28 heavy (non-hydrogen) atoms. The summed E-state index contributed by atoms with van der Waals surface area (Å²) in [6.45, 7) is 8.36. The Hall–Kier alpha value is -3.08. The lowest BCUT2D eigenvalue weighted by molar-refractivity contribution is -0.123. The fourth-order valence-corrected chi connectivity index (χ4v) is 3.25. The van der Waals surface area contributed by atoms with E-state index in [1.165, 1.54) is 11.1 Å². The predicted molar refractivity (Wildman–Crippen MR) is 111 cm³/mol. The Bertz CT molecular complexity index is 916. The van der Waals surface area contributed by atoms with E-state index in [4.69, 9.17) is 4.74 Å². The number of carbonyl (C=O) groups is 1. The highest BCUT2D eigenvalue weighted by molar-refractivity contribution is 5.78. The first-order valence-corrected chi connectivity index (χ1v) is 9.55. The standard InChI is InChI=1S/C23H27N3O2/c1-16(2)22-10-9-21(13-17(22)3)28-14-23(27)25-18(4)19-5-7-20(8-6-19)26-12-11-24-15-26/h5-13,15-16,18H,14H2,1-4H3,(H,25,27). The Kier molecular flexibility index (Phi) is 6.14. The maximum Gasteiger partial charge on any atom is 0.258 e. The first-order valence-electron chi connectivity index (χ1n) is 9.55. The lowest BCUT2D eigenvalue weighted by Crippen LogP contribution is -2.31. The molecule has 1 amide bonds. The summed E-state index contributed by atoms with van der Waals surface area (Å²) in [5, 5.41) is 2.98. The SMILES string of the molecule is Cc1cc(OCC(=O)NC(C)c2ccc(-n3ccnc3)cc2)ccc1C(C)C. The van der Waals surface area contributed by atoms with Gasteiger partial charge in [-0.05, 0) is 60.7 Å². The number of carbonyl (C=O) groups excluding carboxylic acids is 1. The van der Waals surface area contributed by atoms with Crippen LogP contribution >= 0.6 is 0 Å². The zero-order valence-corrected chi connectivity index (χ0v) is 16.8.